The summed E-state index contributed by atoms with van der Waals surface area (Å²) in [4.78, 5) is 11.9. The normalized spacial score (nSPS) is 10.4. The van der Waals surface area contributed by atoms with Gasteiger partial charge in [0.15, 0.2) is 5.69 Å². The summed E-state index contributed by atoms with van der Waals surface area (Å²) in [7, 11) is 0. The summed E-state index contributed by atoms with van der Waals surface area (Å²) in [6.07, 6.45) is 0. The van der Waals surface area contributed by atoms with Crippen LogP contribution in [0.5, 0.6) is 0 Å². The summed E-state index contributed by atoms with van der Waals surface area (Å²) in [5.74, 6) is 0.290. The van der Waals surface area contributed by atoms with Crippen molar-refractivity contribution in [3.05, 3.63) is 40.8 Å². The number of anilines is 2. The zero-order chi connectivity index (χ0) is 13.3. The monoisotopic (exact) mass is 245 g/mol. The molecule has 5 heteroatoms. The van der Waals surface area contributed by atoms with Crippen LogP contribution in [0.15, 0.2) is 22.7 Å². The average molecular weight is 245 g/mol. The predicted octanol–water partition coefficient (Wildman–Crippen LogP) is 2.43. The van der Waals surface area contributed by atoms with E-state index in [0.29, 0.717) is 17.1 Å². The van der Waals surface area contributed by atoms with Gasteiger partial charge in [-0.05, 0) is 38.0 Å². The minimum absolute atomic E-state index is 0.256. The molecular formula is C13H15N3O2. The molecule has 2 rings (SSSR count). The summed E-state index contributed by atoms with van der Waals surface area (Å²) in [5.41, 5.74) is 9.35. The molecule has 0 fully saturated rings. The second-order valence-electron chi connectivity index (χ2n) is 4.30. The fraction of sp³-hybridized carbons (Fsp3) is 0.231. The largest absolute Gasteiger partial charge is 0.398 e. The quantitative estimate of drug-likeness (QED) is 0.796. The van der Waals surface area contributed by atoms with E-state index in [1.165, 1.54) is 0 Å². The molecule has 18 heavy (non-hydrogen) atoms. The van der Waals surface area contributed by atoms with Crippen molar-refractivity contribution in [3.8, 4) is 0 Å². The van der Waals surface area contributed by atoms with Crippen LogP contribution in [0, 0.1) is 20.8 Å². The number of nitrogens with zero attached hydrogens (tertiary/aromatic N) is 1. The molecule has 0 aliphatic heterocycles. The molecule has 3 N–H and O–H groups in total. The van der Waals surface area contributed by atoms with Crippen molar-refractivity contribution in [1.29, 1.82) is 0 Å². The maximum atomic E-state index is 11.9. The van der Waals surface area contributed by atoms with Crippen molar-refractivity contribution in [3.63, 3.8) is 0 Å². The van der Waals surface area contributed by atoms with Crippen LogP contribution in [0.2, 0.25) is 0 Å². The number of nitrogens with one attached hydrogen (secondary N) is 1. The Bertz CT molecular complexity index is 602. The first-order valence-electron chi connectivity index (χ1n) is 5.59. The van der Waals surface area contributed by atoms with Gasteiger partial charge in [0.05, 0.1) is 0 Å². The van der Waals surface area contributed by atoms with Crippen LogP contribution in [0.4, 0.5) is 11.4 Å². The number of carbonyl (C=O) groups is 1. The molecule has 1 heterocycles. The Morgan fingerprint density at radius 2 is 1.94 bits per heavy atom. The van der Waals surface area contributed by atoms with E-state index in [4.69, 9.17) is 10.3 Å². The molecule has 0 bridgehead atoms. The van der Waals surface area contributed by atoms with Crippen LogP contribution in [-0.2, 0) is 0 Å². The molecular weight excluding hydrogens is 230 g/mol. The van der Waals surface area contributed by atoms with E-state index in [1.54, 1.807) is 19.1 Å². The standard InChI is InChI=1S/C13H15N3O2/c1-7-4-8(2)11(6-10(7)14)15-13(17)12-5-9(3)18-16-12/h4-6H,14H2,1-3H3,(H,15,17). The second-order valence-corrected chi connectivity index (χ2v) is 4.30. The SMILES string of the molecule is Cc1cc(C(=O)Nc2cc(N)c(C)cc2C)no1. The van der Waals surface area contributed by atoms with Crippen molar-refractivity contribution in [2.24, 2.45) is 0 Å². The maximum absolute atomic E-state index is 11.9. The number of nitrogens with two attached hydrogens (primary N) is 1. The maximum Gasteiger partial charge on any atom is 0.277 e. The van der Waals surface area contributed by atoms with Gasteiger partial charge >= 0.3 is 0 Å². The number of rotatable bonds is 2. The number of carbonyl (C=O) groups excluding carboxylic acids is 1. The number of aromatic nitrogens is 1. The third kappa shape index (κ3) is 2.34. The Hall–Kier alpha value is -2.30. The Labute approximate surface area is 105 Å². The first-order chi connectivity index (χ1) is 8.47. The van der Waals surface area contributed by atoms with Crippen molar-refractivity contribution in [2.45, 2.75) is 20.8 Å². The number of aryl methyl sites for hydroxylation is 3. The zero-order valence-corrected chi connectivity index (χ0v) is 10.6. The lowest BCUT2D eigenvalue weighted by molar-refractivity contribution is 0.101. The van der Waals surface area contributed by atoms with Gasteiger partial charge in [0.1, 0.15) is 5.76 Å². The molecule has 2 aromatic rings. The number of hydrogen-bond acceptors (Lipinski definition) is 4. The molecule has 1 amide bonds. The molecule has 0 atom stereocenters. The highest BCUT2D eigenvalue weighted by molar-refractivity contribution is 6.03. The summed E-state index contributed by atoms with van der Waals surface area (Å²) >= 11 is 0. The summed E-state index contributed by atoms with van der Waals surface area (Å²) in [5, 5.41) is 6.43. The molecule has 1 aromatic heterocycles. The van der Waals surface area contributed by atoms with E-state index in [9.17, 15) is 4.79 Å². The van der Waals surface area contributed by atoms with Crippen LogP contribution in [0.3, 0.4) is 0 Å². The van der Waals surface area contributed by atoms with Crippen LogP contribution in [-0.4, -0.2) is 11.1 Å². The lowest BCUT2D eigenvalue weighted by atomic mass is 10.1. The molecule has 0 radical (unpaired) electrons. The van der Waals surface area contributed by atoms with Crippen LogP contribution in [0.1, 0.15) is 27.4 Å². The van der Waals surface area contributed by atoms with Gasteiger partial charge in [-0.3, -0.25) is 4.79 Å². The van der Waals surface area contributed by atoms with Gasteiger partial charge in [-0.1, -0.05) is 11.2 Å². The Morgan fingerprint density at radius 3 is 2.56 bits per heavy atom. The molecule has 0 aliphatic rings. The molecule has 0 saturated heterocycles. The topological polar surface area (TPSA) is 81.2 Å². The number of nitrogen functional groups attached to an aromatic ring is 1. The number of hydrogen-bond donors (Lipinski definition) is 2. The van der Waals surface area contributed by atoms with E-state index >= 15 is 0 Å². The molecule has 94 valence electrons. The molecule has 5 nitrogen and oxygen atoms in total. The van der Waals surface area contributed by atoms with Crippen LogP contribution in [0.25, 0.3) is 0 Å². The van der Waals surface area contributed by atoms with E-state index in [1.807, 2.05) is 19.9 Å². The summed E-state index contributed by atoms with van der Waals surface area (Å²) in [6, 6.07) is 5.26. The first kappa shape index (κ1) is 12.2. The van der Waals surface area contributed by atoms with Crippen molar-refractivity contribution >= 4 is 17.3 Å². The van der Waals surface area contributed by atoms with Gasteiger partial charge in [0.25, 0.3) is 5.91 Å². The lowest BCUT2D eigenvalue weighted by Gasteiger charge is -2.10. The van der Waals surface area contributed by atoms with Gasteiger partial charge in [-0.2, -0.15) is 0 Å². The van der Waals surface area contributed by atoms with Gasteiger partial charge < -0.3 is 15.6 Å². The minimum Gasteiger partial charge on any atom is -0.398 e. The van der Waals surface area contributed by atoms with Crippen LogP contribution >= 0.6 is 0 Å². The summed E-state index contributed by atoms with van der Waals surface area (Å²) in [6.45, 7) is 5.57. The first-order valence-corrected chi connectivity index (χ1v) is 5.59. The van der Waals surface area contributed by atoms with Gasteiger partial charge in [-0.25, -0.2) is 0 Å². The highest BCUT2D eigenvalue weighted by Gasteiger charge is 2.12. The Kier molecular flexibility index (Phi) is 3.06. The van der Waals surface area contributed by atoms with E-state index in [2.05, 4.69) is 10.5 Å². The Balaban J connectivity index is 2.24. The van der Waals surface area contributed by atoms with E-state index in [0.717, 1.165) is 11.1 Å². The van der Waals surface area contributed by atoms with E-state index in [-0.39, 0.29) is 11.6 Å². The fourth-order valence-electron chi connectivity index (χ4n) is 1.66. The third-order valence-electron chi connectivity index (χ3n) is 2.72. The van der Waals surface area contributed by atoms with Crippen molar-refractivity contribution in [2.75, 3.05) is 11.1 Å². The summed E-state index contributed by atoms with van der Waals surface area (Å²) < 4.78 is 4.86. The predicted molar refractivity (Wildman–Crippen MR) is 69.5 cm³/mol. The molecule has 1 aromatic carbocycles. The number of amides is 1. The molecule has 0 unspecified atom stereocenters. The van der Waals surface area contributed by atoms with Gasteiger partial charge in [-0.15, -0.1) is 0 Å². The molecule has 0 saturated carbocycles. The van der Waals surface area contributed by atoms with Crippen molar-refractivity contribution < 1.29 is 9.32 Å². The number of benzene rings is 1. The van der Waals surface area contributed by atoms with Crippen molar-refractivity contribution in [1.82, 2.24) is 5.16 Å². The van der Waals surface area contributed by atoms with Gasteiger partial charge in [0, 0.05) is 17.4 Å². The minimum atomic E-state index is -0.307. The van der Waals surface area contributed by atoms with Gasteiger partial charge in [0.2, 0.25) is 0 Å². The highest BCUT2D eigenvalue weighted by atomic mass is 16.5. The Morgan fingerprint density at radius 1 is 1.22 bits per heavy atom. The smallest absolute Gasteiger partial charge is 0.277 e. The molecule has 0 aliphatic carbocycles. The fourth-order valence-corrected chi connectivity index (χ4v) is 1.66. The zero-order valence-electron chi connectivity index (χ0n) is 10.6. The van der Waals surface area contributed by atoms with E-state index < -0.39 is 0 Å². The highest BCUT2D eigenvalue weighted by Crippen LogP contribution is 2.22. The molecule has 0 spiro atoms. The third-order valence-corrected chi connectivity index (χ3v) is 2.72. The average Bonchev–Trinajstić information content (AvgIpc) is 2.73. The lowest BCUT2D eigenvalue weighted by Crippen LogP contribution is -2.13. The second kappa shape index (κ2) is 4.52. The van der Waals surface area contributed by atoms with Crippen LogP contribution < -0.4 is 11.1 Å².